The quantitative estimate of drug-likeness (QED) is 0.203. The third-order valence-electron chi connectivity index (χ3n) is 3.11. The molecule has 0 unspecified atom stereocenters. The number of benzene rings is 1. The Kier molecular flexibility index (Phi) is 6.80. The Hall–Kier alpha value is -2.32. The molecular weight excluding hydrogens is 302 g/mol. The fraction of sp³-hybridized carbons (Fsp3) is 0.467. The predicted octanol–water partition coefficient (Wildman–Crippen LogP) is 0.374. The van der Waals surface area contributed by atoms with Crippen LogP contribution in [0.5, 0.6) is 0 Å². The second-order valence-electron chi connectivity index (χ2n) is 5.54. The fourth-order valence-electron chi connectivity index (χ4n) is 1.89. The van der Waals surface area contributed by atoms with Crippen molar-refractivity contribution in [1.82, 2.24) is 5.32 Å². The Morgan fingerprint density at radius 1 is 1.39 bits per heavy atom. The maximum Gasteiger partial charge on any atom is 0.405 e. The van der Waals surface area contributed by atoms with Crippen LogP contribution in [0, 0.1) is 0 Å². The summed E-state index contributed by atoms with van der Waals surface area (Å²) < 4.78 is 0. The van der Waals surface area contributed by atoms with Crippen LogP contribution in [0.15, 0.2) is 29.4 Å². The molecule has 23 heavy (non-hydrogen) atoms. The normalized spacial score (nSPS) is 13.5. The van der Waals surface area contributed by atoms with Gasteiger partial charge in [-0.15, -0.1) is 0 Å². The molecule has 0 saturated heterocycles. The van der Waals surface area contributed by atoms with E-state index in [4.69, 9.17) is 20.8 Å². The average molecular weight is 325 g/mol. The molecule has 1 rings (SSSR count). The zero-order chi connectivity index (χ0) is 17.5. The van der Waals surface area contributed by atoms with Crippen molar-refractivity contribution in [3.05, 3.63) is 35.4 Å². The van der Waals surface area contributed by atoms with E-state index in [-0.39, 0.29) is 25.5 Å². The maximum atomic E-state index is 10.9. The molecule has 0 aliphatic rings. The summed E-state index contributed by atoms with van der Waals surface area (Å²) in [6.45, 7) is 3.12. The van der Waals surface area contributed by atoms with Crippen LogP contribution in [0.25, 0.3) is 0 Å². The van der Waals surface area contributed by atoms with Crippen LogP contribution in [0.4, 0.5) is 4.79 Å². The first-order chi connectivity index (χ1) is 10.7. The second-order valence-corrected chi connectivity index (χ2v) is 5.54. The molecule has 8 heteroatoms. The van der Waals surface area contributed by atoms with Gasteiger partial charge in [-0.05, 0) is 25.0 Å². The molecule has 0 fully saturated rings. The number of amides is 1. The van der Waals surface area contributed by atoms with Gasteiger partial charge in [0, 0.05) is 6.42 Å². The Morgan fingerprint density at radius 2 is 2.00 bits per heavy atom. The Balaban J connectivity index is 2.84. The summed E-state index contributed by atoms with van der Waals surface area (Å²) >= 11 is 0. The topological polar surface area (TPSA) is 137 Å². The zero-order valence-electron chi connectivity index (χ0n) is 13.2. The molecule has 1 atom stereocenters. The monoisotopic (exact) mass is 325 g/mol. The number of hydrogen-bond donors (Lipinski definition) is 5. The number of aliphatic hydroxyl groups excluding tert-OH is 1. The van der Waals surface area contributed by atoms with Gasteiger partial charge in [0.25, 0.3) is 0 Å². The number of nitrogens with two attached hydrogens (primary N) is 1. The van der Waals surface area contributed by atoms with Gasteiger partial charge < -0.3 is 31.2 Å². The first-order valence-electron chi connectivity index (χ1n) is 7.11. The number of rotatable bonds is 8. The summed E-state index contributed by atoms with van der Waals surface area (Å²) in [4.78, 5) is 15.6. The highest BCUT2D eigenvalue weighted by Gasteiger charge is 2.19. The molecule has 0 saturated carbocycles. The van der Waals surface area contributed by atoms with Gasteiger partial charge in [-0.2, -0.15) is 0 Å². The lowest BCUT2D eigenvalue weighted by Crippen LogP contribution is -2.45. The zero-order valence-corrected chi connectivity index (χ0v) is 13.2. The minimum atomic E-state index is -1.23. The number of nitrogens with one attached hydrogen (secondary N) is 1. The van der Waals surface area contributed by atoms with Crippen LogP contribution in [0.1, 0.15) is 25.0 Å². The van der Waals surface area contributed by atoms with E-state index in [1.807, 2.05) is 0 Å². The van der Waals surface area contributed by atoms with Crippen molar-refractivity contribution < 1.29 is 25.0 Å². The molecule has 0 aliphatic carbocycles. The first kappa shape index (κ1) is 18.7. The van der Waals surface area contributed by atoms with Crippen LogP contribution >= 0.6 is 0 Å². The molecule has 0 aliphatic heterocycles. The largest absolute Gasteiger partial charge is 0.465 e. The van der Waals surface area contributed by atoms with Crippen molar-refractivity contribution in [3.8, 4) is 0 Å². The third kappa shape index (κ3) is 6.54. The number of oxime groups is 1. The summed E-state index contributed by atoms with van der Waals surface area (Å²) in [7, 11) is 0. The van der Waals surface area contributed by atoms with Crippen molar-refractivity contribution in [2.75, 3.05) is 13.2 Å². The summed E-state index contributed by atoms with van der Waals surface area (Å²) in [5, 5.41) is 33.3. The lowest BCUT2D eigenvalue weighted by Gasteiger charge is -2.19. The van der Waals surface area contributed by atoms with E-state index in [0.717, 1.165) is 11.1 Å². The van der Waals surface area contributed by atoms with Gasteiger partial charge in [-0.25, -0.2) is 4.79 Å². The second kappa shape index (κ2) is 8.35. The highest BCUT2D eigenvalue weighted by atomic mass is 16.6. The van der Waals surface area contributed by atoms with Gasteiger partial charge >= 0.3 is 6.09 Å². The van der Waals surface area contributed by atoms with Crippen LogP contribution in [-0.4, -0.2) is 46.5 Å². The van der Waals surface area contributed by atoms with E-state index >= 15 is 0 Å². The molecule has 6 N–H and O–H groups in total. The average Bonchev–Trinajstić information content (AvgIpc) is 2.46. The molecular formula is C15H23N3O5. The lowest BCUT2D eigenvalue weighted by atomic mass is 9.95. The van der Waals surface area contributed by atoms with Gasteiger partial charge in [0.15, 0.2) is 5.84 Å². The molecule has 128 valence electrons. The molecule has 0 aromatic heterocycles. The van der Waals surface area contributed by atoms with E-state index in [1.165, 1.54) is 0 Å². The molecule has 1 amide bonds. The Labute approximate surface area is 134 Å². The first-order valence-corrected chi connectivity index (χ1v) is 7.11. The number of carboxylic acid groups (broad SMARTS) is 1. The summed E-state index contributed by atoms with van der Waals surface area (Å²) in [5.74, 6) is -0.0348. The van der Waals surface area contributed by atoms with Crippen molar-refractivity contribution in [2.24, 2.45) is 10.9 Å². The van der Waals surface area contributed by atoms with Gasteiger partial charge in [-0.3, -0.25) is 0 Å². The highest BCUT2D eigenvalue weighted by Crippen LogP contribution is 2.20. The molecule has 1 aromatic carbocycles. The van der Waals surface area contributed by atoms with E-state index in [2.05, 4.69) is 10.5 Å². The highest BCUT2D eigenvalue weighted by molar-refractivity contribution is 5.88. The van der Waals surface area contributed by atoms with Gasteiger partial charge in [-0.1, -0.05) is 29.4 Å². The number of aliphatic hydroxyl groups is 2. The summed E-state index contributed by atoms with van der Waals surface area (Å²) in [6, 6.07) is 6.34. The van der Waals surface area contributed by atoms with Crippen LogP contribution in [-0.2, 0) is 16.9 Å². The van der Waals surface area contributed by atoms with Gasteiger partial charge in [0.1, 0.15) is 6.61 Å². The smallest absolute Gasteiger partial charge is 0.405 e. The van der Waals surface area contributed by atoms with E-state index in [0.29, 0.717) is 0 Å². The SMILES string of the molecule is CC(C)(O)c1ccc(C[C@H](NC(=O)O)C(N)=NOCCO)cc1. The molecule has 0 spiro atoms. The number of amidine groups is 1. The molecule has 0 bridgehead atoms. The fourth-order valence-corrected chi connectivity index (χ4v) is 1.89. The van der Waals surface area contributed by atoms with E-state index < -0.39 is 17.7 Å². The van der Waals surface area contributed by atoms with E-state index in [1.54, 1.807) is 38.1 Å². The van der Waals surface area contributed by atoms with Crippen molar-refractivity contribution in [1.29, 1.82) is 0 Å². The number of carbonyl (C=O) groups is 1. The molecule has 8 nitrogen and oxygen atoms in total. The molecule has 0 radical (unpaired) electrons. The lowest BCUT2D eigenvalue weighted by molar-refractivity contribution is 0.0786. The third-order valence-corrected chi connectivity index (χ3v) is 3.11. The summed E-state index contributed by atoms with van der Waals surface area (Å²) in [5.41, 5.74) is 6.35. The Bertz CT molecular complexity index is 537. The van der Waals surface area contributed by atoms with Crippen LogP contribution < -0.4 is 11.1 Å². The van der Waals surface area contributed by atoms with Gasteiger partial charge in [0.05, 0.1) is 18.2 Å². The van der Waals surface area contributed by atoms with Crippen LogP contribution in [0.3, 0.4) is 0 Å². The number of nitrogens with zero attached hydrogens (tertiary/aromatic N) is 1. The van der Waals surface area contributed by atoms with Crippen molar-refractivity contribution in [3.63, 3.8) is 0 Å². The maximum absolute atomic E-state index is 10.9. The van der Waals surface area contributed by atoms with E-state index in [9.17, 15) is 9.90 Å². The molecule has 0 heterocycles. The van der Waals surface area contributed by atoms with Gasteiger partial charge in [0.2, 0.25) is 0 Å². The number of hydrogen-bond acceptors (Lipinski definition) is 5. The Morgan fingerprint density at radius 3 is 2.48 bits per heavy atom. The standard InChI is InChI=1S/C15H23N3O5/c1-15(2,22)11-5-3-10(4-6-11)9-12(17-14(20)21)13(16)18-23-8-7-19/h3-6,12,17,19,22H,7-9H2,1-2H3,(H2,16,18)(H,20,21)/t12-/m0/s1. The van der Waals surface area contributed by atoms with Crippen molar-refractivity contribution >= 4 is 11.9 Å². The van der Waals surface area contributed by atoms with Crippen LogP contribution in [0.2, 0.25) is 0 Å². The minimum absolute atomic E-state index is 0.0270. The summed E-state index contributed by atoms with van der Waals surface area (Å²) in [6.07, 6.45) is -0.959. The minimum Gasteiger partial charge on any atom is -0.465 e. The predicted molar refractivity (Wildman–Crippen MR) is 85.0 cm³/mol. The molecule has 1 aromatic rings. The van der Waals surface area contributed by atoms with Crippen molar-refractivity contribution in [2.45, 2.75) is 31.9 Å².